The van der Waals surface area contributed by atoms with Crippen molar-refractivity contribution in [3.63, 3.8) is 0 Å². The van der Waals surface area contributed by atoms with Crippen LogP contribution in [0.5, 0.6) is 5.75 Å². The second kappa shape index (κ2) is 7.34. The maximum absolute atomic E-state index is 12.8. The van der Waals surface area contributed by atoms with E-state index < -0.39 is 0 Å². The number of hydrogen-bond donors (Lipinski definition) is 0. The van der Waals surface area contributed by atoms with E-state index in [1.54, 1.807) is 0 Å². The molecule has 24 heavy (non-hydrogen) atoms. The number of benzene rings is 2. The van der Waals surface area contributed by atoms with Gasteiger partial charge in [0.05, 0.1) is 0 Å². The number of hydrogen-bond acceptors (Lipinski definition) is 3. The van der Waals surface area contributed by atoms with Crippen LogP contribution in [0.4, 0.5) is 10.1 Å². The number of nitrogens with zero attached hydrogens (tertiary/aromatic N) is 2. The number of carbonyl (C=O) groups is 1. The third kappa shape index (κ3) is 3.85. The Hall–Kier alpha value is -2.56. The number of para-hydroxylation sites is 1. The quantitative estimate of drug-likeness (QED) is 0.865. The summed E-state index contributed by atoms with van der Waals surface area (Å²) in [6.45, 7) is 5.07. The van der Waals surface area contributed by atoms with E-state index in [-0.39, 0.29) is 18.3 Å². The van der Waals surface area contributed by atoms with E-state index in [2.05, 4.69) is 24.0 Å². The molecule has 0 aromatic heterocycles. The van der Waals surface area contributed by atoms with Crippen LogP contribution in [0, 0.1) is 12.7 Å². The Morgan fingerprint density at radius 2 is 1.71 bits per heavy atom. The third-order valence-corrected chi connectivity index (χ3v) is 4.26. The predicted octanol–water partition coefficient (Wildman–Crippen LogP) is 2.86. The van der Waals surface area contributed by atoms with Crippen molar-refractivity contribution in [1.82, 2.24) is 4.90 Å². The van der Waals surface area contributed by atoms with Gasteiger partial charge in [-0.3, -0.25) is 4.79 Å². The lowest BCUT2D eigenvalue weighted by Crippen LogP contribution is -2.50. The zero-order chi connectivity index (χ0) is 16.9. The van der Waals surface area contributed by atoms with Gasteiger partial charge in [-0.15, -0.1) is 0 Å². The highest BCUT2D eigenvalue weighted by atomic mass is 19.1. The van der Waals surface area contributed by atoms with Crippen LogP contribution in [0.1, 0.15) is 5.56 Å². The van der Waals surface area contributed by atoms with E-state index >= 15 is 0 Å². The fourth-order valence-corrected chi connectivity index (χ4v) is 2.88. The summed E-state index contributed by atoms with van der Waals surface area (Å²) >= 11 is 0. The van der Waals surface area contributed by atoms with E-state index in [1.807, 2.05) is 17.0 Å². The summed E-state index contributed by atoms with van der Waals surface area (Å²) < 4.78 is 18.3. The molecule has 1 saturated heterocycles. The number of carbonyl (C=O) groups excluding carboxylic acids is 1. The van der Waals surface area contributed by atoms with Crippen molar-refractivity contribution in [2.24, 2.45) is 0 Å². The Kier molecular flexibility index (Phi) is 4.99. The van der Waals surface area contributed by atoms with Gasteiger partial charge in [0, 0.05) is 31.9 Å². The molecule has 1 heterocycles. The van der Waals surface area contributed by atoms with Crippen LogP contribution < -0.4 is 9.64 Å². The lowest BCUT2D eigenvalue weighted by Gasteiger charge is -2.36. The largest absolute Gasteiger partial charge is 0.484 e. The van der Waals surface area contributed by atoms with Crippen molar-refractivity contribution in [2.45, 2.75) is 6.92 Å². The topological polar surface area (TPSA) is 32.8 Å². The fourth-order valence-electron chi connectivity index (χ4n) is 2.88. The molecule has 1 amide bonds. The summed E-state index contributed by atoms with van der Waals surface area (Å²) in [5.41, 5.74) is 2.48. The number of halogens is 1. The maximum atomic E-state index is 12.8. The molecule has 0 unspecified atom stereocenters. The second-order valence-electron chi connectivity index (χ2n) is 5.90. The average Bonchev–Trinajstić information content (AvgIpc) is 2.61. The highest BCUT2D eigenvalue weighted by Gasteiger charge is 2.22. The first-order chi connectivity index (χ1) is 11.6. The van der Waals surface area contributed by atoms with Crippen LogP contribution in [0.25, 0.3) is 0 Å². The van der Waals surface area contributed by atoms with Gasteiger partial charge < -0.3 is 14.5 Å². The molecular weight excluding hydrogens is 307 g/mol. The van der Waals surface area contributed by atoms with Gasteiger partial charge in [-0.05, 0) is 42.8 Å². The number of aryl methyl sites for hydroxylation is 1. The van der Waals surface area contributed by atoms with Crippen LogP contribution in [-0.2, 0) is 4.79 Å². The molecule has 1 aliphatic rings. The van der Waals surface area contributed by atoms with Gasteiger partial charge in [0.1, 0.15) is 11.6 Å². The minimum Gasteiger partial charge on any atom is -0.484 e. The monoisotopic (exact) mass is 328 g/mol. The van der Waals surface area contributed by atoms with Crippen molar-refractivity contribution < 1.29 is 13.9 Å². The molecule has 2 aromatic rings. The van der Waals surface area contributed by atoms with Crippen molar-refractivity contribution in [3.05, 3.63) is 59.9 Å². The van der Waals surface area contributed by atoms with Crippen LogP contribution in [0.15, 0.2) is 48.5 Å². The highest BCUT2D eigenvalue weighted by Crippen LogP contribution is 2.21. The molecule has 0 saturated carbocycles. The molecule has 0 bridgehead atoms. The Labute approximate surface area is 141 Å². The molecule has 1 fully saturated rings. The minimum absolute atomic E-state index is 0.0179. The molecule has 4 nitrogen and oxygen atoms in total. The minimum atomic E-state index is -0.319. The van der Waals surface area contributed by atoms with Gasteiger partial charge in [-0.25, -0.2) is 4.39 Å². The summed E-state index contributed by atoms with van der Waals surface area (Å²) in [4.78, 5) is 16.4. The lowest BCUT2D eigenvalue weighted by molar-refractivity contribution is -0.133. The van der Waals surface area contributed by atoms with Gasteiger partial charge in [0.25, 0.3) is 5.91 Å². The molecular formula is C19H21FN2O2. The Balaban J connectivity index is 1.50. The molecule has 1 aliphatic heterocycles. The van der Waals surface area contributed by atoms with E-state index in [1.165, 1.54) is 35.5 Å². The number of amides is 1. The standard InChI is InChI=1S/C19H21FN2O2/c1-15-4-2-3-5-18(15)21-10-12-22(13-11-21)19(23)14-24-17-8-6-16(20)7-9-17/h2-9H,10-14H2,1H3. The molecule has 3 rings (SSSR count). The molecule has 2 aromatic carbocycles. The molecule has 0 atom stereocenters. The molecule has 5 heteroatoms. The van der Waals surface area contributed by atoms with Gasteiger partial charge in [-0.2, -0.15) is 0 Å². The number of ether oxygens (including phenoxy) is 1. The Morgan fingerprint density at radius 1 is 1.04 bits per heavy atom. The molecule has 0 N–H and O–H groups in total. The van der Waals surface area contributed by atoms with Crippen LogP contribution in [0.2, 0.25) is 0 Å². The zero-order valence-electron chi connectivity index (χ0n) is 13.7. The summed E-state index contributed by atoms with van der Waals surface area (Å²) in [7, 11) is 0. The summed E-state index contributed by atoms with van der Waals surface area (Å²) in [5.74, 6) is 0.146. The van der Waals surface area contributed by atoms with E-state index in [0.29, 0.717) is 18.8 Å². The Bertz CT molecular complexity index is 695. The molecule has 0 aliphatic carbocycles. The predicted molar refractivity (Wildman–Crippen MR) is 91.9 cm³/mol. The fraction of sp³-hybridized carbons (Fsp3) is 0.316. The number of anilines is 1. The summed E-state index contributed by atoms with van der Waals surface area (Å²) in [6, 6.07) is 14.0. The first kappa shape index (κ1) is 16.3. The normalized spacial score (nSPS) is 14.6. The van der Waals surface area contributed by atoms with Crippen LogP contribution in [0.3, 0.4) is 0 Å². The number of rotatable bonds is 4. The van der Waals surface area contributed by atoms with Crippen molar-refractivity contribution >= 4 is 11.6 Å². The van der Waals surface area contributed by atoms with E-state index in [0.717, 1.165) is 13.1 Å². The lowest BCUT2D eigenvalue weighted by atomic mass is 10.1. The van der Waals surface area contributed by atoms with E-state index in [4.69, 9.17) is 4.74 Å². The van der Waals surface area contributed by atoms with Crippen molar-refractivity contribution in [3.8, 4) is 5.75 Å². The van der Waals surface area contributed by atoms with Crippen LogP contribution in [-0.4, -0.2) is 43.6 Å². The molecule has 126 valence electrons. The smallest absolute Gasteiger partial charge is 0.260 e. The van der Waals surface area contributed by atoms with Gasteiger partial charge in [-0.1, -0.05) is 18.2 Å². The summed E-state index contributed by atoms with van der Waals surface area (Å²) in [6.07, 6.45) is 0. The Morgan fingerprint density at radius 3 is 2.38 bits per heavy atom. The van der Waals surface area contributed by atoms with Crippen LogP contribution >= 0.6 is 0 Å². The third-order valence-electron chi connectivity index (χ3n) is 4.26. The van der Waals surface area contributed by atoms with E-state index in [9.17, 15) is 9.18 Å². The highest BCUT2D eigenvalue weighted by molar-refractivity contribution is 5.78. The molecule has 0 radical (unpaired) electrons. The summed E-state index contributed by atoms with van der Waals surface area (Å²) in [5, 5.41) is 0. The van der Waals surface area contributed by atoms with Gasteiger partial charge >= 0.3 is 0 Å². The maximum Gasteiger partial charge on any atom is 0.260 e. The van der Waals surface area contributed by atoms with Gasteiger partial charge in [0.2, 0.25) is 0 Å². The van der Waals surface area contributed by atoms with Crippen molar-refractivity contribution in [1.29, 1.82) is 0 Å². The molecule has 0 spiro atoms. The second-order valence-corrected chi connectivity index (χ2v) is 5.90. The first-order valence-corrected chi connectivity index (χ1v) is 8.10. The number of piperazine rings is 1. The zero-order valence-corrected chi connectivity index (χ0v) is 13.7. The SMILES string of the molecule is Cc1ccccc1N1CCN(C(=O)COc2ccc(F)cc2)CC1. The van der Waals surface area contributed by atoms with Gasteiger partial charge in [0.15, 0.2) is 6.61 Å². The average molecular weight is 328 g/mol. The van der Waals surface area contributed by atoms with Crippen molar-refractivity contribution in [2.75, 3.05) is 37.7 Å². The first-order valence-electron chi connectivity index (χ1n) is 8.10.